The van der Waals surface area contributed by atoms with Gasteiger partial charge >= 0.3 is 0 Å². The number of benzene rings is 2. The van der Waals surface area contributed by atoms with Gasteiger partial charge in [-0.25, -0.2) is 0 Å². The summed E-state index contributed by atoms with van der Waals surface area (Å²) in [6.45, 7) is 5.34. The minimum absolute atomic E-state index is 0.0903. The van der Waals surface area contributed by atoms with Crippen molar-refractivity contribution in [1.82, 2.24) is 9.88 Å². The van der Waals surface area contributed by atoms with Crippen LogP contribution in [0.2, 0.25) is 0 Å². The number of pyridine rings is 1. The van der Waals surface area contributed by atoms with Gasteiger partial charge in [0.15, 0.2) is 0 Å². The van der Waals surface area contributed by atoms with Gasteiger partial charge in [0, 0.05) is 42.9 Å². The summed E-state index contributed by atoms with van der Waals surface area (Å²) >= 11 is 0. The Morgan fingerprint density at radius 2 is 1.82 bits per heavy atom. The third kappa shape index (κ3) is 3.65. The molecular weight excluding hydrogens is 352 g/mol. The zero-order valence-corrected chi connectivity index (χ0v) is 16.2. The van der Waals surface area contributed by atoms with Gasteiger partial charge in [0.05, 0.1) is 5.56 Å². The molecule has 1 aromatic heterocycles. The number of piperidine rings is 1. The highest BCUT2D eigenvalue weighted by molar-refractivity contribution is 6.05. The Morgan fingerprint density at radius 1 is 1.07 bits per heavy atom. The summed E-state index contributed by atoms with van der Waals surface area (Å²) in [4.78, 5) is 29.6. The lowest BCUT2D eigenvalue weighted by atomic mass is 10.0. The van der Waals surface area contributed by atoms with Gasteiger partial charge in [-0.15, -0.1) is 0 Å². The molecule has 0 unspecified atom stereocenters. The van der Waals surface area contributed by atoms with Gasteiger partial charge in [-0.3, -0.25) is 9.59 Å². The number of aromatic amines is 1. The summed E-state index contributed by atoms with van der Waals surface area (Å²) < 4.78 is 6.20. The number of ether oxygens (including phenoxy) is 1. The number of nitrogens with zero attached hydrogens (tertiary/aromatic N) is 1. The summed E-state index contributed by atoms with van der Waals surface area (Å²) in [5.74, 6) is 0.831. The lowest BCUT2D eigenvalue weighted by Crippen LogP contribution is -2.42. The fraction of sp³-hybridized carbons (Fsp3) is 0.304. The highest BCUT2D eigenvalue weighted by atomic mass is 16.5. The van der Waals surface area contributed by atoms with E-state index in [0.717, 1.165) is 29.5 Å². The lowest BCUT2D eigenvalue weighted by molar-refractivity contribution is 0.0596. The van der Waals surface area contributed by atoms with Gasteiger partial charge in [-0.2, -0.15) is 0 Å². The maximum atomic E-state index is 13.1. The number of nitrogens with one attached hydrogen (secondary N) is 1. The normalized spacial score (nSPS) is 15.0. The molecule has 1 aliphatic rings. The van der Waals surface area contributed by atoms with Crippen molar-refractivity contribution in [2.75, 3.05) is 13.1 Å². The molecule has 1 amide bonds. The molecule has 1 saturated heterocycles. The summed E-state index contributed by atoms with van der Waals surface area (Å²) in [5, 5.41) is 0.779. The first-order chi connectivity index (χ1) is 13.5. The van der Waals surface area contributed by atoms with Crippen LogP contribution < -0.4 is 10.3 Å². The van der Waals surface area contributed by atoms with Crippen LogP contribution in [0.15, 0.2) is 53.3 Å². The predicted molar refractivity (Wildman–Crippen MR) is 110 cm³/mol. The second-order valence-electron chi connectivity index (χ2n) is 7.47. The summed E-state index contributed by atoms with van der Waals surface area (Å²) in [6.07, 6.45) is 1.65. The number of likely N-dealkylation sites (tertiary alicyclic amines) is 1. The fourth-order valence-corrected chi connectivity index (χ4v) is 3.74. The van der Waals surface area contributed by atoms with Crippen LogP contribution in [-0.2, 0) is 0 Å². The summed E-state index contributed by atoms with van der Waals surface area (Å²) in [6, 6.07) is 15.0. The van der Waals surface area contributed by atoms with Gasteiger partial charge in [0.2, 0.25) is 5.56 Å². The highest BCUT2D eigenvalue weighted by Crippen LogP contribution is 2.25. The van der Waals surface area contributed by atoms with Gasteiger partial charge in [0.1, 0.15) is 11.9 Å². The molecule has 0 saturated carbocycles. The third-order valence-corrected chi connectivity index (χ3v) is 5.35. The number of aromatic nitrogens is 1. The SMILES string of the molecule is Cc1ccc(C)c(OC2CCN(C(=O)c3cc(=O)[nH]c4ccccc34)CC2)c1. The molecule has 28 heavy (non-hydrogen) atoms. The Balaban J connectivity index is 1.48. The monoisotopic (exact) mass is 376 g/mol. The fourth-order valence-electron chi connectivity index (χ4n) is 3.74. The van der Waals surface area contributed by atoms with Crippen molar-refractivity contribution in [3.63, 3.8) is 0 Å². The van der Waals surface area contributed by atoms with E-state index in [1.807, 2.05) is 36.1 Å². The van der Waals surface area contributed by atoms with Crippen molar-refractivity contribution < 1.29 is 9.53 Å². The van der Waals surface area contributed by atoms with E-state index >= 15 is 0 Å². The Hall–Kier alpha value is -3.08. The van der Waals surface area contributed by atoms with Crippen LogP contribution in [0.4, 0.5) is 0 Å². The van der Waals surface area contributed by atoms with Crippen LogP contribution in [0.25, 0.3) is 10.9 Å². The lowest BCUT2D eigenvalue weighted by Gasteiger charge is -2.32. The van der Waals surface area contributed by atoms with Crippen LogP contribution in [0.5, 0.6) is 5.75 Å². The molecule has 3 aromatic rings. The van der Waals surface area contributed by atoms with Crippen molar-refractivity contribution in [2.45, 2.75) is 32.8 Å². The molecule has 0 aliphatic carbocycles. The van der Waals surface area contributed by atoms with E-state index in [1.54, 1.807) is 0 Å². The number of amides is 1. The maximum Gasteiger partial charge on any atom is 0.254 e. The number of hydrogen-bond donors (Lipinski definition) is 1. The summed E-state index contributed by atoms with van der Waals surface area (Å²) in [7, 11) is 0. The number of rotatable bonds is 3. The van der Waals surface area contributed by atoms with E-state index < -0.39 is 0 Å². The number of hydrogen-bond acceptors (Lipinski definition) is 3. The summed E-state index contributed by atoms with van der Waals surface area (Å²) in [5.41, 5.74) is 3.20. The topological polar surface area (TPSA) is 62.4 Å². The Kier molecular flexibility index (Phi) is 4.90. The van der Waals surface area contributed by atoms with Crippen molar-refractivity contribution in [2.24, 2.45) is 0 Å². The minimum Gasteiger partial charge on any atom is -0.490 e. The maximum absolute atomic E-state index is 13.1. The molecule has 5 heteroatoms. The molecule has 1 aliphatic heterocycles. The second kappa shape index (κ2) is 7.50. The van der Waals surface area contributed by atoms with E-state index in [-0.39, 0.29) is 17.6 Å². The predicted octanol–water partition coefficient (Wildman–Crippen LogP) is 3.83. The van der Waals surface area contributed by atoms with Gasteiger partial charge in [0.25, 0.3) is 5.91 Å². The number of para-hydroxylation sites is 1. The molecule has 5 nitrogen and oxygen atoms in total. The van der Waals surface area contributed by atoms with Gasteiger partial charge in [-0.05, 0) is 37.1 Å². The number of fused-ring (bicyclic) bond motifs is 1. The molecule has 0 spiro atoms. The Morgan fingerprint density at radius 3 is 2.61 bits per heavy atom. The first-order valence-corrected chi connectivity index (χ1v) is 9.66. The zero-order valence-electron chi connectivity index (χ0n) is 16.2. The van der Waals surface area contributed by atoms with E-state index in [4.69, 9.17) is 4.74 Å². The minimum atomic E-state index is -0.254. The molecule has 2 heterocycles. The zero-order chi connectivity index (χ0) is 19.7. The van der Waals surface area contributed by atoms with Crippen LogP contribution in [0, 0.1) is 13.8 Å². The van der Waals surface area contributed by atoms with Crippen molar-refractivity contribution in [3.05, 3.63) is 75.6 Å². The first kappa shape index (κ1) is 18.3. The van der Waals surface area contributed by atoms with E-state index in [1.165, 1.54) is 11.6 Å². The van der Waals surface area contributed by atoms with Crippen molar-refractivity contribution in [3.8, 4) is 5.75 Å². The molecular formula is C23H24N2O3. The highest BCUT2D eigenvalue weighted by Gasteiger charge is 2.26. The van der Waals surface area contributed by atoms with Crippen molar-refractivity contribution >= 4 is 16.8 Å². The molecule has 4 rings (SSSR count). The Labute approximate surface area is 163 Å². The van der Waals surface area contributed by atoms with Gasteiger partial charge in [-0.1, -0.05) is 30.3 Å². The second-order valence-corrected chi connectivity index (χ2v) is 7.47. The molecule has 0 atom stereocenters. The van der Waals surface area contributed by atoms with Crippen LogP contribution >= 0.6 is 0 Å². The number of aryl methyl sites for hydroxylation is 2. The number of carbonyl (C=O) groups excluding carboxylic acids is 1. The Bertz CT molecular complexity index is 1080. The van der Waals surface area contributed by atoms with E-state index in [9.17, 15) is 9.59 Å². The molecule has 2 aromatic carbocycles. The molecule has 0 radical (unpaired) electrons. The molecule has 144 valence electrons. The van der Waals surface area contributed by atoms with Crippen LogP contribution in [0.3, 0.4) is 0 Å². The van der Waals surface area contributed by atoms with Crippen molar-refractivity contribution in [1.29, 1.82) is 0 Å². The average molecular weight is 376 g/mol. The third-order valence-electron chi connectivity index (χ3n) is 5.35. The number of H-pyrrole nitrogens is 1. The molecule has 0 bridgehead atoms. The largest absolute Gasteiger partial charge is 0.490 e. The van der Waals surface area contributed by atoms with Crippen LogP contribution in [0.1, 0.15) is 34.3 Å². The van der Waals surface area contributed by atoms with E-state index in [2.05, 4.69) is 30.1 Å². The standard InChI is InChI=1S/C23H24N2O3/c1-15-7-8-16(2)21(13-15)28-17-9-11-25(12-10-17)23(27)19-14-22(26)24-20-6-4-3-5-18(19)20/h3-8,13-14,17H,9-12H2,1-2H3,(H,24,26). The number of carbonyl (C=O) groups is 1. The average Bonchev–Trinajstić information content (AvgIpc) is 2.70. The molecule has 1 N–H and O–H groups in total. The van der Waals surface area contributed by atoms with E-state index in [0.29, 0.717) is 24.2 Å². The van der Waals surface area contributed by atoms with Crippen LogP contribution in [-0.4, -0.2) is 35.0 Å². The molecule has 1 fully saturated rings. The van der Waals surface area contributed by atoms with Gasteiger partial charge < -0.3 is 14.6 Å². The smallest absolute Gasteiger partial charge is 0.254 e. The quantitative estimate of drug-likeness (QED) is 0.756. The first-order valence-electron chi connectivity index (χ1n) is 9.66.